The van der Waals surface area contributed by atoms with Gasteiger partial charge in [0.05, 0.1) is 18.8 Å². The van der Waals surface area contributed by atoms with Crippen LogP contribution in [0.1, 0.15) is 34.9 Å². The number of anilines is 1. The first-order valence-electron chi connectivity index (χ1n) is 9.48. The van der Waals surface area contributed by atoms with Gasteiger partial charge in [-0.2, -0.15) is 8.78 Å². The number of para-hydroxylation sites is 2. The highest BCUT2D eigenvalue weighted by Crippen LogP contribution is 2.41. The Kier molecular flexibility index (Phi) is 5.53. The number of carbonyl (C=O) groups is 1. The molecule has 0 unspecified atom stereocenters. The summed E-state index contributed by atoms with van der Waals surface area (Å²) in [5, 5.41) is 3.30. The van der Waals surface area contributed by atoms with Crippen molar-refractivity contribution in [1.82, 2.24) is 4.90 Å². The highest BCUT2D eigenvalue weighted by Gasteiger charge is 2.37. The highest BCUT2D eigenvalue weighted by molar-refractivity contribution is 6.01. The van der Waals surface area contributed by atoms with Crippen molar-refractivity contribution in [3.63, 3.8) is 0 Å². The number of fused-ring (bicyclic) bond motifs is 1. The first-order chi connectivity index (χ1) is 14.1. The molecule has 1 amide bonds. The molecular weight excluding hydrogens is 382 g/mol. The van der Waals surface area contributed by atoms with Gasteiger partial charge in [-0.3, -0.25) is 4.79 Å². The molecule has 6 nitrogen and oxygen atoms in total. The third-order valence-corrected chi connectivity index (χ3v) is 5.18. The van der Waals surface area contributed by atoms with E-state index in [1.54, 1.807) is 41.3 Å². The SMILES string of the molecule is COc1cccc([C@H]2Nc3ccccc3C(=O)N2C[C@@H]2CCCO2)c1OC(F)F. The average molecular weight is 404 g/mol. The van der Waals surface area contributed by atoms with Crippen LogP contribution in [0.15, 0.2) is 42.5 Å². The van der Waals surface area contributed by atoms with Crippen LogP contribution in [0, 0.1) is 0 Å². The van der Waals surface area contributed by atoms with E-state index in [4.69, 9.17) is 14.2 Å². The van der Waals surface area contributed by atoms with Gasteiger partial charge < -0.3 is 24.4 Å². The lowest BCUT2D eigenvalue weighted by Crippen LogP contribution is -2.46. The lowest BCUT2D eigenvalue weighted by Gasteiger charge is -2.39. The maximum Gasteiger partial charge on any atom is 0.387 e. The molecule has 2 heterocycles. The number of alkyl halides is 2. The summed E-state index contributed by atoms with van der Waals surface area (Å²) in [5.74, 6) is -0.106. The number of methoxy groups -OCH3 is 1. The van der Waals surface area contributed by atoms with Crippen LogP contribution in [0.5, 0.6) is 11.5 Å². The number of amides is 1. The van der Waals surface area contributed by atoms with Crippen molar-refractivity contribution in [2.75, 3.05) is 25.6 Å². The maximum absolute atomic E-state index is 13.3. The number of hydrogen-bond acceptors (Lipinski definition) is 5. The van der Waals surface area contributed by atoms with E-state index in [0.29, 0.717) is 30.0 Å². The van der Waals surface area contributed by atoms with E-state index in [0.717, 1.165) is 12.8 Å². The fourth-order valence-corrected chi connectivity index (χ4v) is 3.86. The Balaban J connectivity index is 1.78. The molecule has 0 aromatic heterocycles. The van der Waals surface area contributed by atoms with Crippen LogP contribution < -0.4 is 14.8 Å². The van der Waals surface area contributed by atoms with Crippen molar-refractivity contribution in [2.24, 2.45) is 0 Å². The van der Waals surface area contributed by atoms with Crippen molar-refractivity contribution in [1.29, 1.82) is 0 Å². The van der Waals surface area contributed by atoms with Gasteiger partial charge >= 0.3 is 6.61 Å². The molecule has 0 bridgehead atoms. The number of hydrogen-bond donors (Lipinski definition) is 1. The van der Waals surface area contributed by atoms with Crippen LogP contribution in [-0.4, -0.2) is 43.8 Å². The van der Waals surface area contributed by atoms with E-state index in [1.165, 1.54) is 7.11 Å². The summed E-state index contributed by atoms with van der Waals surface area (Å²) in [5.41, 5.74) is 1.56. The number of carbonyl (C=O) groups excluding carboxylic acids is 1. The van der Waals surface area contributed by atoms with E-state index >= 15 is 0 Å². The molecule has 2 aromatic rings. The zero-order chi connectivity index (χ0) is 20.4. The lowest BCUT2D eigenvalue weighted by molar-refractivity contribution is -0.0524. The Morgan fingerprint density at radius 1 is 1.24 bits per heavy atom. The van der Waals surface area contributed by atoms with Crippen molar-refractivity contribution < 1.29 is 27.8 Å². The molecule has 2 aliphatic rings. The number of benzene rings is 2. The third kappa shape index (κ3) is 3.85. The molecular formula is C21H22F2N2O4. The van der Waals surface area contributed by atoms with Crippen molar-refractivity contribution in [2.45, 2.75) is 31.7 Å². The number of nitrogens with zero attached hydrogens (tertiary/aromatic N) is 1. The predicted molar refractivity (Wildman–Crippen MR) is 102 cm³/mol. The Hall–Kier alpha value is -2.87. The molecule has 0 aliphatic carbocycles. The molecule has 8 heteroatoms. The number of nitrogens with one attached hydrogen (secondary N) is 1. The van der Waals surface area contributed by atoms with Gasteiger partial charge in [0.15, 0.2) is 11.5 Å². The van der Waals surface area contributed by atoms with Gasteiger partial charge in [0, 0.05) is 24.4 Å². The van der Waals surface area contributed by atoms with Gasteiger partial charge in [-0.15, -0.1) is 0 Å². The van der Waals surface area contributed by atoms with Gasteiger partial charge in [0.25, 0.3) is 5.91 Å². The van der Waals surface area contributed by atoms with Crippen LogP contribution >= 0.6 is 0 Å². The third-order valence-electron chi connectivity index (χ3n) is 5.18. The normalized spacial score (nSPS) is 21.1. The molecule has 0 spiro atoms. The monoisotopic (exact) mass is 404 g/mol. The van der Waals surface area contributed by atoms with Crippen molar-refractivity contribution in [3.8, 4) is 11.5 Å². The van der Waals surface area contributed by atoms with Gasteiger partial charge in [-0.05, 0) is 31.0 Å². The smallest absolute Gasteiger partial charge is 0.387 e. The van der Waals surface area contributed by atoms with Crippen LogP contribution in [0.2, 0.25) is 0 Å². The van der Waals surface area contributed by atoms with Gasteiger partial charge in [0.2, 0.25) is 0 Å². The molecule has 0 saturated carbocycles. The van der Waals surface area contributed by atoms with Crippen LogP contribution in [-0.2, 0) is 4.74 Å². The molecule has 0 radical (unpaired) electrons. The van der Waals surface area contributed by atoms with Crippen molar-refractivity contribution in [3.05, 3.63) is 53.6 Å². The van der Waals surface area contributed by atoms with E-state index < -0.39 is 12.8 Å². The zero-order valence-electron chi connectivity index (χ0n) is 15.9. The highest BCUT2D eigenvalue weighted by atomic mass is 19.3. The van der Waals surface area contributed by atoms with Crippen molar-refractivity contribution >= 4 is 11.6 Å². The minimum atomic E-state index is -3.02. The first-order valence-corrected chi connectivity index (χ1v) is 9.48. The zero-order valence-corrected chi connectivity index (χ0v) is 15.9. The Morgan fingerprint density at radius 3 is 2.79 bits per heavy atom. The van der Waals surface area contributed by atoms with Crippen LogP contribution in [0.25, 0.3) is 0 Å². The summed E-state index contributed by atoms with van der Waals surface area (Å²) in [6.07, 6.45) is 0.973. The van der Waals surface area contributed by atoms with Gasteiger partial charge in [-0.25, -0.2) is 0 Å². The number of ether oxygens (including phenoxy) is 3. The van der Waals surface area contributed by atoms with Crippen LogP contribution in [0.3, 0.4) is 0 Å². The maximum atomic E-state index is 13.3. The average Bonchev–Trinajstić information content (AvgIpc) is 3.23. The Labute approximate surface area is 167 Å². The van der Waals surface area contributed by atoms with E-state index in [1.807, 2.05) is 6.07 Å². The standard InChI is InChI=1S/C21H22F2N2O4/c1-27-17-10-4-8-15(18(17)29-21(22)23)19-24-16-9-3-2-7-14(16)20(26)25(19)12-13-6-5-11-28-13/h2-4,7-10,13,19,21,24H,5-6,11-12H2,1H3/t13-,19-/m0/s1. The molecule has 1 N–H and O–H groups in total. The van der Waals surface area contributed by atoms with E-state index in [-0.39, 0.29) is 23.5 Å². The summed E-state index contributed by atoms with van der Waals surface area (Å²) in [6.45, 7) is -2.03. The lowest BCUT2D eigenvalue weighted by atomic mass is 10.0. The quantitative estimate of drug-likeness (QED) is 0.787. The second kappa shape index (κ2) is 8.24. The summed E-state index contributed by atoms with van der Waals surface area (Å²) in [7, 11) is 1.39. The molecule has 2 atom stereocenters. The molecule has 2 aromatic carbocycles. The first kappa shape index (κ1) is 19.4. The number of rotatable bonds is 6. The summed E-state index contributed by atoms with van der Waals surface area (Å²) < 4.78 is 42.0. The summed E-state index contributed by atoms with van der Waals surface area (Å²) in [4.78, 5) is 14.9. The fraction of sp³-hybridized carbons (Fsp3) is 0.381. The predicted octanol–water partition coefficient (Wildman–Crippen LogP) is 4.04. The molecule has 1 saturated heterocycles. The molecule has 1 fully saturated rings. The van der Waals surface area contributed by atoms with Gasteiger partial charge in [0.1, 0.15) is 6.17 Å². The largest absolute Gasteiger partial charge is 0.493 e. The van der Waals surface area contributed by atoms with E-state index in [9.17, 15) is 13.6 Å². The number of halogens is 2. The minimum absolute atomic E-state index is 0.0907. The summed E-state index contributed by atoms with van der Waals surface area (Å²) >= 11 is 0. The topological polar surface area (TPSA) is 60.0 Å². The molecule has 29 heavy (non-hydrogen) atoms. The second-order valence-corrected chi connectivity index (χ2v) is 6.94. The van der Waals surface area contributed by atoms with Gasteiger partial charge in [-0.1, -0.05) is 24.3 Å². The Morgan fingerprint density at radius 2 is 2.07 bits per heavy atom. The van der Waals surface area contributed by atoms with Crippen LogP contribution in [0.4, 0.5) is 14.5 Å². The molecule has 2 aliphatic heterocycles. The molecule has 4 rings (SSSR count). The Bertz CT molecular complexity index is 887. The molecule has 154 valence electrons. The van der Waals surface area contributed by atoms with E-state index in [2.05, 4.69) is 5.32 Å². The summed E-state index contributed by atoms with van der Waals surface area (Å²) in [6, 6.07) is 12.0. The second-order valence-electron chi connectivity index (χ2n) is 6.94. The minimum Gasteiger partial charge on any atom is -0.493 e. The fourth-order valence-electron chi connectivity index (χ4n) is 3.86.